The normalized spacial score (nSPS) is 12.3. The molecule has 0 fully saturated rings. The largest absolute Gasteiger partial charge is 0.501 e. The summed E-state index contributed by atoms with van der Waals surface area (Å²) < 4.78 is 2.11. The third-order valence-corrected chi connectivity index (χ3v) is 5.28. The molecule has 7 nitrogen and oxygen atoms in total. The maximum Gasteiger partial charge on any atom is 0.312 e. The van der Waals surface area contributed by atoms with E-state index in [-0.39, 0.29) is 10.0 Å². The lowest BCUT2D eigenvalue weighted by Gasteiger charge is -2.00. The van der Waals surface area contributed by atoms with Crippen LogP contribution < -0.4 is 10.1 Å². The number of nitrogens with zero attached hydrogens (tertiary/aromatic N) is 3. The number of hydrogen-bond acceptors (Lipinski definition) is 6. The molecule has 0 amide bonds. The van der Waals surface area contributed by atoms with Crippen LogP contribution in [0.2, 0.25) is 0 Å². The van der Waals surface area contributed by atoms with Gasteiger partial charge in [-0.3, -0.25) is 14.9 Å². The van der Waals surface area contributed by atoms with E-state index in [1.54, 1.807) is 6.08 Å². The summed E-state index contributed by atoms with van der Waals surface area (Å²) in [6.07, 6.45) is 1.55. The minimum Gasteiger partial charge on any atom is -0.501 e. The number of aromatic nitrogens is 2. The van der Waals surface area contributed by atoms with Crippen molar-refractivity contribution in [2.45, 2.75) is 0 Å². The van der Waals surface area contributed by atoms with Crippen LogP contribution >= 0.6 is 27.3 Å². The number of phenolic OH excluding ortho intramolecular Hbond substituents is 1. The highest BCUT2D eigenvalue weighted by atomic mass is 79.9. The molecular weight excluding hydrogens is 410 g/mol. The Labute approximate surface area is 151 Å². The summed E-state index contributed by atoms with van der Waals surface area (Å²) in [5.41, 5.74) is 1.22. The molecule has 0 radical (unpaired) electrons. The van der Waals surface area contributed by atoms with Crippen LogP contribution in [0.3, 0.4) is 0 Å². The average Bonchev–Trinajstić information content (AvgIpc) is 3.07. The van der Waals surface area contributed by atoms with E-state index >= 15 is 0 Å². The molecule has 2 heterocycles. The van der Waals surface area contributed by atoms with Gasteiger partial charge in [-0.05, 0) is 45.8 Å². The predicted octanol–water partition coefficient (Wildman–Crippen LogP) is 2.83. The fourth-order valence-electron chi connectivity index (χ4n) is 2.59. The van der Waals surface area contributed by atoms with E-state index in [1.807, 2.05) is 24.3 Å². The van der Waals surface area contributed by atoms with E-state index in [0.717, 1.165) is 11.0 Å². The van der Waals surface area contributed by atoms with Gasteiger partial charge in [0.05, 0.1) is 25.0 Å². The van der Waals surface area contributed by atoms with Crippen LogP contribution in [0.5, 0.6) is 5.75 Å². The maximum absolute atomic E-state index is 12.7. The van der Waals surface area contributed by atoms with E-state index in [9.17, 15) is 20.0 Å². The van der Waals surface area contributed by atoms with Crippen molar-refractivity contribution in [1.29, 1.82) is 0 Å². The van der Waals surface area contributed by atoms with E-state index in [0.29, 0.717) is 15.1 Å². The first kappa shape index (κ1) is 15.7. The van der Waals surface area contributed by atoms with E-state index in [1.165, 1.54) is 27.9 Å². The van der Waals surface area contributed by atoms with Crippen molar-refractivity contribution in [3.8, 4) is 5.75 Å². The Bertz CT molecular complexity index is 1280. The van der Waals surface area contributed by atoms with Crippen molar-refractivity contribution in [3.05, 3.63) is 71.4 Å². The fourth-order valence-corrected chi connectivity index (χ4v) is 4.05. The van der Waals surface area contributed by atoms with Crippen molar-refractivity contribution >= 4 is 55.0 Å². The third kappa shape index (κ3) is 2.48. The number of imidazole rings is 1. The first-order valence-corrected chi connectivity index (χ1v) is 8.65. The van der Waals surface area contributed by atoms with Gasteiger partial charge in [-0.1, -0.05) is 23.5 Å². The Hall–Kier alpha value is -2.78. The molecule has 9 heteroatoms. The number of nitro benzene ring substituents is 1. The highest BCUT2D eigenvalue weighted by molar-refractivity contribution is 9.10. The van der Waals surface area contributed by atoms with Crippen LogP contribution in [0.15, 0.2) is 45.7 Å². The topological polar surface area (TPSA) is 97.7 Å². The molecule has 0 atom stereocenters. The summed E-state index contributed by atoms with van der Waals surface area (Å²) >= 11 is 4.30. The zero-order valence-corrected chi connectivity index (χ0v) is 14.7. The van der Waals surface area contributed by atoms with Crippen LogP contribution in [0, 0.1) is 10.1 Å². The van der Waals surface area contributed by atoms with Gasteiger partial charge in [0, 0.05) is 6.07 Å². The van der Waals surface area contributed by atoms with E-state index in [4.69, 9.17) is 0 Å². The highest BCUT2D eigenvalue weighted by Gasteiger charge is 2.17. The Morgan fingerprint density at radius 1 is 1.32 bits per heavy atom. The van der Waals surface area contributed by atoms with Crippen molar-refractivity contribution in [3.63, 3.8) is 0 Å². The van der Waals surface area contributed by atoms with Gasteiger partial charge in [0.1, 0.15) is 0 Å². The molecule has 25 heavy (non-hydrogen) atoms. The van der Waals surface area contributed by atoms with Crippen LogP contribution in [0.4, 0.5) is 5.69 Å². The molecule has 4 rings (SSSR count). The van der Waals surface area contributed by atoms with E-state index < -0.39 is 16.4 Å². The van der Waals surface area contributed by atoms with Crippen LogP contribution in [-0.2, 0) is 0 Å². The lowest BCUT2D eigenvalue weighted by molar-refractivity contribution is -0.386. The number of halogens is 1. The smallest absolute Gasteiger partial charge is 0.312 e. The molecule has 0 aliphatic carbocycles. The van der Waals surface area contributed by atoms with Gasteiger partial charge in [0.15, 0.2) is 4.96 Å². The molecule has 2 aromatic carbocycles. The Morgan fingerprint density at radius 2 is 2.08 bits per heavy atom. The minimum atomic E-state index is -0.676. The lowest BCUT2D eigenvalue weighted by Crippen LogP contribution is -2.22. The molecular formula is C16H8BrN3O4S. The summed E-state index contributed by atoms with van der Waals surface area (Å²) in [7, 11) is 0. The van der Waals surface area contributed by atoms with E-state index in [2.05, 4.69) is 20.9 Å². The third-order valence-electron chi connectivity index (χ3n) is 3.71. The molecule has 0 aliphatic heterocycles. The van der Waals surface area contributed by atoms with Crippen LogP contribution in [0.1, 0.15) is 5.56 Å². The molecule has 124 valence electrons. The number of aromatic hydroxyl groups is 1. The van der Waals surface area contributed by atoms with Gasteiger partial charge in [-0.15, -0.1) is 0 Å². The second-order valence-corrected chi connectivity index (χ2v) is 7.13. The van der Waals surface area contributed by atoms with Crippen LogP contribution in [-0.4, -0.2) is 19.4 Å². The molecule has 1 N–H and O–H groups in total. The second kappa shape index (κ2) is 5.64. The summed E-state index contributed by atoms with van der Waals surface area (Å²) in [6, 6.07) is 10.1. The van der Waals surface area contributed by atoms with Gasteiger partial charge < -0.3 is 5.11 Å². The minimum absolute atomic E-state index is 0.187. The van der Waals surface area contributed by atoms with Gasteiger partial charge in [0.25, 0.3) is 5.56 Å². The zero-order valence-electron chi connectivity index (χ0n) is 12.3. The lowest BCUT2D eigenvalue weighted by atomic mass is 10.2. The standard InChI is InChI=1S/C16H8BrN3O4S/c17-9-5-8(6-12(14(9)21)20(23)24)7-13-15(22)19-11-4-2-1-3-10(11)18-16(19)25-13/h1-7,21H/b13-7-. The fraction of sp³-hybridized carbons (Fsp3) is 0. The number of fused-ring (bicyclic) bond motifs is 3. The number of nitro groups is 1. The molecule has 2 aromatic heterocycles. The molecule has 0 saturated heterocycles. The maximum atomic E-state index is 12.7. The van der Waals surface area contributed by atoms with Crippen molar-refractivity contribution in [2.24, 2.45) is 0 Å². The van der Waals surface area contributed by atoms with Gasteiger partial charge in [0.2, 0.25) is 5.75 Å². The Balaban J connectivity index is 1.97. The number of benzene rings is 2. The zero-order chi connectivity index (χ0) is 17.7. The average molecular weight is 418 g/mol. The highest BCUT2D eigenvalue weighted by Crippen LogP contribution is 2.35. The second-order valence-electron chi connectivity index (χ2n) is 5.26. The molecule has 0 bridgehead atoms. The quantitative estimate of drug-likeness (QED) is 0.399. The Morgan fingerprint density at radius 3 is 2.84 bits per heavy atom. The molecule has 0 aliphatic rings. The molecule has 0 spiro atoms. The van der Waals surface area contributed by atoms with Gasteiger partial charge in [-0.2, -0.15) is 0 Å². The number of thiazole rings is 1. The summed E-state index contributed by atoms with van der Waals surface area (Å²) in [6.45, 7) is 0. The molecule has 0 unspecified atom stereocenters. The monoisotopic (exact) mass is 417 g/mol. The predicted molar refractivity (Wildman–Crippen MR) is 98.1 cm³/mol. The van der Waals surface area contributed by atoms with Crippen molar-refractivity contribution in [2.75, 3.05) is 0 Å². The number of phenols is 1. The summed E-state index contributed by atoms with van der Waals surface area (Å²) in [4.78, 5) is 28.0. The number of rotatable bonds is 2. The van der Waals surface area contributed by atoms with Crippen LogP contribution in [0.25, 0.3) is 22.1 Å². The first-order chi connectivity index (χ1) is 12.0. The van der Waals surface area contributed by atoms with Crippen molar-refractivity contribution in [1.82, 2.24) is 9.38 Å². The summed E-state index contributed by atoms with van der Waals surface area (Å²) in [5.74, 6) is -0.448. The summed E-state index contributed by atoms with van der Waals surface area (Å²) in [5, 5.41) is 20.8. The number of hydrogen-bond donors (Lipinski definition) is 1. The molecule has 0 saturated carbocycles. The molecule has 4 aromatic rings. The van der Waals surface area contributed by atoms with Gasteiger partial charge >= 0.3 is 5.69 Å². The van der Waals surface area contributed by atoms with Crippen molar-refractivity contribution < 1.29 is 10.0 Å². The van der Waals surface area contributed by atoms with Gasteiger partial charge in [-0.25, -0.2) is 9.38 Å². The number of para-hydroxylation sites is 2. The SMILES string of the molecule is O=c1/c(=C/c2cc(Br)c(O)c([N+](=O)[O-])c2)sc2nc3ccccc3n12. The Kier molecular flexibility index (Phi) is 3.55. The first-order valence-electron chi connectivity index (χ1n) is 7.04.